The smallest absolute Gasteiger partial charge is 0.301 e. The lowest BCUT2D eigenvalue weighted by Crippen LogP contribution is -2.28. The van der Waals surface area contributed by atoms with E-state index >= 15 is 0 Å². The highest BCUT2D eigenvalue weighted by molar-refractivity contribution is 7.90. The second kappa shape index (κ2) is 6.57. The quantitative estimate of drug-likeness (QED) is 0.808. The summed E-state index contributed by atoms with van der Waals surface area (Å²) in [5.74, 6) is 5.69. The van der Waals surface area contributed by atoms with E-state index < -0.39 is 10.2 Å². The lowest BCUT2D eigenvalue weighted by Gasteiger charge is -2.14. The molecule has 0 atom stereocenters. The van der Waals surface area contributed by atoms with Crippen molar-refractivity contribution in [3.63, 3.8) is 0 Å². The van der Waals surface area contributed by atoms with Gasteiger partial charge in [-0.2, -0.15) is 12.7 Å². The Balaban J connectivity index is 3.02. The van der Waals surface area contributed by atoms with Crippen LogP contribution in [0.25, 0.3) is 0 Å². The standard InChI is InChI=1S/C13H18N2O3S/c1-11-8-12(6-4-5-7-16)10-13(9-11)14-19(17,18)15(2)3/h8-10,14,16H,5,7H2,1-3H3. The molecule has 0 aromatic heterocycles. The summed E-state index contributed by atoms with van der Waals surface area (Å²) in [6.45, 7) is 1.88. The minimum atomic E-state index is -3.51. The number of aryl methyl sites for hydroxylation is 1. The van der Waals surface area contributed by atoms with Crippen molar-refractivity contribution in [1.82, 2.24) is 4.31 Å². The van der Waals surface area contributed by atoms with Crippen LogP contribution in [0.1, 0.15) is 17.5 Å². The molecule has 0 aliphatic carbocycles. The Morgan fingerprint density at radius 2 is 2.00 bits per heavy atom. The van der Waals surface area contributed by atoms with Crippen LogP contribution >= 0.6 is 0 Å². The monoisotopic (exact) mass is 282 g/mol. The first-order valence-corrected chi connectivity index (χ1v) is 7.21. The van der Waals surface area contributed by atoms with Gasteiger partial charge in [-0.3, -0.25) is 4.72 Å². The van der Waals surface area contributed by atoms with E-state index in [9.17, 15) is 8.42 Å². The van der Waals surface area contributed by atoms with Crippen LogP contribution in [0.2, 0.25) is 0 Å². The minimum Gasteiger partial charge on any atom is -0.395 e. The maximum absolute atomic E-state index is 11.7. The van der Waals surface area contributed by atoms with Gasteiger partial charge in [-0.25, -0.2) is 0 Å². The van der Waals surface area contributed by atoms with E-state index in [2.05, 4.69) is 16.6 Å². The Bertz CT molecular complexity index is 598. The molecule has 0 unspecified atom stereocenters. The van der Waals surface area contributed by atoms with Crippen molar-refractivity contribution in [2.45, 2.75) is 13.3 Å². The highest BCUT2D eigenvalue weighted by Gasteiger charge is 2.13. The van der Waals surface area contributed by atoms with Gasteiger partial charge in [0.2, 0.25) is 0 Å². The summed E-state index contributed by atoms with van der Waals surface area (Å²) in [6, 6.07) is 5.26. The predicted octanol–water partition coefficient (Wildman–Crippen LogP) is 0.947. The molecule has 0 aliphatic heterocycles. The number of rotatable bonds is 4. The van der Waals surface area contributed by atoms with Gasteiger partial charge < -0.3 is 5.11 Å². The summed E-state index contributed by atoms with van der Waals surface area (Å²) in [6.07, 6.45) is 0.396. The lowest BCUT2D eigenvalue weighted by atomic mass is 10.1. The summed E-state index contributed by atoms with van der Waals surface area (Å²) in [4.78, 5) is 0. The average Bonchev–Trinajstić information content (AvgIpc) is 2.27. The number of nitrogens with zero attached hydrogens (tertiary/aromatic N) is 1. The van der Waals surface area contributed by atoms with E-state index in [1.807, 2.05) is 13.0 Å². The first kappa shape index (κ1) is 15.5. The van der Waals surface area contributed by atoms with E-state index in [-0.39, 0.29) is 6.61 Å². The number of aliphatic hydroxyl groups excluding tert-OH is 1. The lowest BCUT2D eigenvalue weighted by molar-refractivity contribution is 0.305. The summed E-state index contributed by atoms with van der Waals surface area (Å²) < 4.78 is 27.0. The zero-order chi connectivity index (χ0) is 14.5. The second-order valence-corrected chi connectivity index (χ2v) is 6.14. The summed E-state index contributed by atoms with van der Waals surface area (Å²) in [5, 5.41) is 8.67. The molecule has 0 fully saturated rings. The van der Waals surface area contributed by atoms with Gasteiger partial charge in [-0.15, -0.1) is 0 Å². The first-order chi connectivity index (χ1) is 8.85. The SMILES string of the molecule is Cc1cc(C#CCCO)cc(NS(=O)(=O)N(C)C)c1. The summed E-state index contributed by atoms with van der Waals surface area (Å²) >= 11 is 0. The number of aliphatic hydroxyl groups is 1. The molecular formula is C13H18N2O3S. The van der Waals surface area contributed by atoms with Crippen LogP contribution in [0, 0.1) is 18.8 Å². The third-order valence-electron chi connectivity index (χ3n) is 2.27. The fourth-order valence-corrected chi connectivity index (χ4v) is 1.97. The molecule has 0 radical (unpaired) electrons. The average molecular weight is 282 g/mol. The van der Waals surface area contributed by atoms with Gasteiger partial charge in [0.25, 0.3) is 0 Å². The van der Waals surface area contributed by atoms with Crippen molar-refractivity contribution >= 4 is 15.9 Å². The molecule has 0 aliphatic rings. The van der Waals surface area contributed by atoms with Crippen molar-refractivity contribution in [2.24, 2.45) is 0 Å². The third kappa shape index (κ3) is 4.91. The van der Waals surface area contributed by atoms with E-state index in [4.69, 9.17) is 5.11 Å². The van der Waals surface area contributed by atoms with E-state index in [0.29, 0.717) is 17.7 Å². The zero-order valence-electron chi connectivity index (χ0n) is 11.3. The molecule has 104 valence electrons. The van der Waals surface area contributed by atoms with Gasteiger partial charge in [0.15, 0.2) is 0 Å². The summed E-state index contributed by atoms with van der Waals surface area (Å²) in [7, 11) is -0.598. The van der Waals surface area contributed by atoms with Crippen LogP contribution in [-0.2, 0) is 10.2 Å². The maximum atomic E-state index is 11.7. The minimum absolute atomic E-state index is 0.0128. The Labute approximate surface area is 114 Å². The van der Waals surface area contributed by atoms with Crippen LogP contribution in [0.5, 0.6) is 0 Å². The molecule has 6 heteroatoms. The molecule has 0 bridgehead atoms. The fourth-order valence-electron chi connectivity index (χ4n) is 1.37. The van der Waals surface area contributed by atoms with E-state index in [1.54, 1.807) is 12.1 Å². The number of nitrogens with one attached hydrogen (secondary N) is 1. The number of anilines is 1. The topological polar surface area (TPSA) is 69.6 Å². The normalized spacial score (nSPS) is 11.0. The molecule has 1 aromatic rings. The zero-order valence-corrected chi connectivity index (χ0v) is 12.1. The highest BCUT2D eigenvalue weighted by atomic mass is 32.2. The largest absolute Gasteiger partial charge is 0.395 e. The fraction of sp³-hybridized carbons (Fsp3) is 0.385. The molecule has 19 heavy (non-hydrogen) atoms. The second-order valence-electron chi connectivity index (χ2n) is 4.25. The van der Waals surface area contributed by atoms with Crippen LogP contribution in [0.4, 0.5) is 5.69 Å². The molecule has 0 heterocycles. The van der Waals surface area contributed by atoms with Gasteiger partial charge in [0.05, 0.1) is 12.3 Å². The molecule has 0 amide bonds. The Kier molecular flexibility index (Phi) is 5.36. The van der Waals surface area contributed by atoms with Crippen molar-refractivity contribution < 1.29 is 13.5 Å². The van der Waals surface area contributed by atoms with Crippen LogP contribution in [0.15, 0.2) is 18.2 Å². The molecule has 0 saturated heterocycles. The Morgan fingerprint density at radius 3 is 2.58 bits per heavy atom. The van der Waals surface area contributed by atoms with E-state index in [0.717, 1.165) is 9.87 Å². The molecule has 2 N–H and O–H groups in total. The highest BCUT2D eigenvalue weighted by Crippen LogP contribution is 2.15. The summed E-state index contributed by atoms with van der Waals surface area (Å²) in [5.41, 5.74) is 2.10. The van der Waals surface area contributed by atoms with Crippen molar-refractivity contribution in [3.05, 3.63) is 29.3 Å². The van der Waals surface area contributed by atoms with Crippen molar-refractivity contribution in [1.29, 1.82) is 0 Å². The molecule has 5 nitrogen and oxygen atoms in total. The van der Waals surface area contributed by atoms with Gasteiger partial charge in [0, 0.05) is 26.1 Å². The van der Waals surface area contributed by atoms with Gasteiger partial charge >= 0.3 is 10.2 Å². The third-order valence-corrected chi connectivity index (χ3v) is 3.73. The molecule has 0 saturated carbocycles. The van der Waals surface area contributed by atoms with Crippen molar-refractivity contribution in [3.8, 4) is 11.8 Å². The molecule has 1 aromatic carbocycles. The van der Waals surface area contributed by atoms with Crippen molar-refractivity contribution in [2.75, 3.05) is 25.4 Å². The van der Waals surface area contributed by atoms with Crippen LogP contribution < -0.4 is 4.72 Å². The Hall–Kier alpha value is -1.55. The molecular weight excluding hydrogens is 264 g/mol. The predicted molar refractivity (Wildman–Crippen MR) is 76.0 cm³/mol. The maximum Gasteiger partial charge on any atom is 0.301 e. The molecule has 0 spiro atoms. The number of hydrogen-bond donors (Lipinski definition) is 2. The number of benzene rings is 1. The van der Waals surface area contributed by atoms with Gasteiger partial charge in [0.1, 0.15) is 0 Å². The first-order valence-electron chi connectivity index (χ1n) is 5.77. The van der Waals surface area contributed by atoms with Crippen LogP contribution in [-0.4, -0.2) is 38.5 Å². The van der Waals surface area contributed by atoms with Gasteiger partial charge in [-0.1, -0.05) is 11.8 Å². The number of hydrogen-bond acceptors (Lipinski definition) is 3. The van der Waals surface area contributed by atoms with E-state index in [1.165, 1.54) is 14.1 Å². The molecule has 1 rings (SSSR count). The van der Waals surface area contributed by atoms with Gasteiger partial charge in [-0.05, 0) is 30.7 Å². The Morgan fingerprint density at radius 1 is 1.32 bits per heavy atom. The van der Waals surface area contributed by atoms with Crippen LogP contribution in [0.3, 0.4) is 0 Å².